The Hall–Kier alpha value is -2.14. The highest BCUT2D eigenvalue weighted by Crippen LogP contribution is 2.18. The Morgan fingerprint density at radius 2 is 2.00 bits per heavy atom. The van der Waals surface area contributed by atoms with E-state index in [1.165, 1.54) is 23.9 Å². The second-order valence-corrected chi connectivity index (χ2v) is 7.32. The van der Waals surface area contributed by atoms with Crippen molar-refractivity contribution in [3.8, 4) is 5.75 Å². The third-order valence-corrected chi connectivity index (χ3v) is 4.74. The molecule has 0 spiro atoms. The molecule has 0 unspecified atom stereocenters. The highest BCUT2D eigenvalue weighted by Gasteiger charge is 2.09. The molecule has 3 rings (SSSR count). The number of thioether (sulfide) groups is 1. The molecule has 3 aromatic rings. The molecule has 26 heavy (non-hydrogen) atoms. The molecule has 0 radical (unpaired) electrons. The number of ether oxygens (including phenoxy) is 1. The van der Waals surface area contributed by atoms with Gasteiger partial charge in [-0.05, 0) is 59.0 Å². The summed E-state index contributed by atoms with van der Waals surface area (Å²) >= 11 is 3.40. The summed E-state index contributed by atoms with van der Waals surface area (Å²) in [6.07, 6.45) is 0. The molecule has 0 aliphatic heterocycles. The van der Waals surface area contributed by atoms with Crippen LogP contribution in [0, 0.1) is 9.39 Å². The van der Waals surface area contributed by atoms with Crippen LogP contribution in [0.4, 0.5) is 10.1 Å². The minimum atomic E-state index is -0.436. The van der Waals surface area contributed by atoms with Crippen molar-refractivity contribution < 1.29 is 13.9 Å². The summed E-state index contributed by atoms with van der Waals surface area (Å²) in [5.41, 5.74) is 0.741. The third-order valence-electron chi connectivity index (χ3n) is 3.17. The monoisotopic (exact) mass is 484 g/mol. The van der Waals surface area contributed by atoms with Crippen LogP contribution >= 0.6 is 34.4 Å². The molecule has 0 saturated carbocycles. The summed E-state index contributed by atoms with van der Waals surface area (Å²) in [5, 5.41) is 9.96. The minimum absolute atomic E-state index is 0.0589. The SMILES string of the molecule is O=C(CSc1n[nH]c(COc2ccccc2F)n1)Nc1ccc(I)cc1. The Kier molecular flexibility index (Phi) is 6.45. The van der Waals surface area contributed by atoms with Crippen molar-refractivity contribution in [3.63, 3.8) is 0 Å². The maximum Gasteiger partial charge on any atom is 0.234 e. The van der Waals surface area contributed by atoms with Gasteiger partial charge in [-0.3, -0.25) is 9.89 Å². The van der Waals surface area contributed by atoms with E-state index in [0.717, 1.165) is 9.26 Å². The van der Waals surface area contributed by atoms with Crippen molar-refractivity contribution in [2.45, 2.75) is 11.8 Å². The number of carbonyl (C=O) groups is 1. The van der Waals surface area contributed by atoms with Gasteiger partial charge in [0.25, 0.3) is 0 Å². The van der Waals surface area contributed by atoms with Gasteiger partial charge in [-0.25, -0.2) is 9.37 Å². The molecule has 0 bridgehead atoms. The van der Waals surface area contributed by atoms with Crippen molar-refractivity contribution in [1.29, 1.82) is 0 Å². The Morgan fingerprint density at radius 3 is 2.77 bits per heavy atom. The second kappa shape index (κ2) is 8.99. The second-order valence-electron chi connectivity index (χ2n) is 5.13. The molecule has 0 atom stereocenters. The highest BCUT2D eigenvalue weighted by molar-refractivity contribution is 14.1. The van der Waals surface area contributed by atoms with E-state index in [4.69, 9.17) is 4.74 Å². The first-order valence-electron chi connectivity index (χ1n) is 7.57. The number of nitrogens with one attached hydrogen (secondary N) is 2. The molecule has 0 saturated heterocycles. The quantitative estimate of drug-likeness (QED) is 0.394. The van der Waals surface area contributed by atoms with E-state index in [1.807, 2.05) is 24.3 Å². The number of carbonyl (C=O) groups excluding carboxylic acids is 1. The summed E-state index contributed by atoms with van der Waals surface area (Å²) in [6.45, 7) is 0.0589. The third kappa shape index (κ3) is 5.43. The number of amides is 1. The maximum absolute atomic E-state index is 13.5. The number of aromatic nitrogens is 3. The van der Waals surface area contributed by atoms with Gasteiger partial charge >= 0.3 is 0 Å². The van der Waals surface area contributed by atoms with Crippen molar-refractivity contribution in [1.82, 2.24) is 15.2 Å². The molecular weight excluding hydrogens is 470 g/mol. The fraction of sp³-hybridized carbons (Fsp3) is 0.118. The lowest BCUT2D eigenvalue weighted by Gasteiger charge is -2.04. The van der Waals surface area contributed by atoms with Crippen molar-refractivity contribution in [2.75, 3.05) is 11.1 Å². The highest BCUT2D eigenvalue weighted by atomic mass is 127. The van der Waals surface area contributed by atoms with Gasteiger partial charge in [0.1, 0.15) is 6.61 Å². The molecule has 1 heterocycles. The lowest BCUT2D eigenvalue weighted by Crippen LogP contribution is -2.14. The van der Waals surface area contributed by atoms with Gasteiger partial charge in [0, 0.05) is 9.26 Å². The molecule has 2 aromatic carbocycles. The summed E-state index contributed by atoms with van der Waals surface area (Å²) in [6, 6.07) is 13.7. The summed E-state index contributed by atoms with van der Waals surface area (Å²) in [7, 11) is 0. The van der Waals surface area contributed by atoms with Gasteiger partial charge in [0.05, 0.1) is 5.75 Å². The van der Waals surface area contributed by atoms with Crippen LogP contribution in [0.2, 0.25) is 0 Å². The van der Waals surface area contributed by atoms with E-state index in [0.29, 0.717) is 11.0 Å². The van der Waals surface area contributed by atoms with Crippen LogP contribution in [0.5, 0.6) is 5.75 Å². The smallest absolute Gasteiger partial charge is 0.234 e. The number of hydrogen-bond acceptors (Lipinski definition) is 5. The first-order valence-corrected chi connectivity index (χ1v) is 9.63. The van der Waals surface area contributed by atoms with E-state index in [-0.39, 0.29) is 24.0 Å². The van der Waals surface area contributed by atoms with Crippen LogP contribution in [0.3, 0.4) is 0 Å². The van der Waals surface area contributed by atoms with Crippen LogP contribution < -0.4 is 10.1 Å². The number of hydrogen-bond donors (Lipinski definition) is 2. The molecule has 0 fully saturated rings. The van der Waals surface area contributed by atoms with Crippen molar-refractivity contribution in [3.05, 3.63) is 63.7 Å². The number of benzene rings is 2. The van der Waals surface area contributed by atoms with Gasteiger partial charge in [0.15, 0.2) is 17.4 Å². The van der Waals surface area contributed by atoms with Gasteiger partial charge in [-0.2, -0.15) is 0 Å². The average molecular weight is 484 g/mol. The van der Waals surface area contributed by atoms with E-state index in [2.05, 4.69) is 43.1 Å². The van der Waals surface area contributed by atoms with Crippen molar-refractivity contribution >= 4 is 45.9 Å². The number of nitrogens with zero attached hydrogens (tertiary/aromatic N) is 2. The molecule has 0 aliphatic carbocycles. The van der Waals surface area contributed by atoms with Crippen LogP contribution in [0.15, 0.2) is 53.7 Å². The summed E-state index contributed by atoms with van der Waals surface area (Å²) < 4.78 is 19.9. The first kappa shape index (κ1) is 18.6. The fourth-order valence-corrected chi connectivity index (χ4v) is 2.95. The van der Waals surface area contributed by atoms with Crippen molar-refractivity contribution in [2.24, 2.45) is 0 Å². The summed E-state index contributed by atoms with van der Waals surface area (Å²) in [5.74, 6) is 0.195. The van der Waals surface area contributed by atoms with Gasteiger partial charge in [-0.1, -0.05) is 23.9 Å². The Labute approximate surface area is 167 Å². The first-order chi connectivity index (χ1) is 12.6. The fourth-order valence-electron chi connectivity index (χ4n) is 1.98. The number of halogens is 2. The molecule has 0 aliphatic rings. The van der Waals surface area contributed by atoms with Crippen LogP contribution in [0.25, 0.3) is 0 Å². The van der Waals surface area contributed by atoms with E-state index in [9.17, 15) is 9.18 Å². The van der Waals surface area contributed by atoms with E-state index >= 15 is 0 Å². The van der Waals surface area contributed by atoms with E-state index < -0.39 is 5.82 Å². The Morgan fingerprint density at radius 1 is 1.23 bits per heavy atom. The number of rotatable bonds is 7. The van der Waals surface area contributed by atoms with E-state index in [1.54, 1.807) is 12.1 Å². The number of para-hydroxylation sites is 1. The minimum Gasteiger partial charge on any atom is -0.483 e. The number of anilines is 1. The van der Waals surface area contributed by atoms with Gasteiger partial charge in [-0.15, -0.1) is 5.10 Å². The molecule has 9 heteroatoms. The van der Waals surface area contributed by atoms with Gasteiger partial charge in [0.2, 0.25) is 11.1 Å². The average Bonchev–Trinajstić information content (AvgIpc) is 3.09. The number of H-pyrrole nitrogens is 1. The normalized spacial score (nSPS) is 10.5. The lowest BCUT2D eigenvalue weighted by atomic mass is 10.3. The zero-order valence-electron chi connectivity index (χ0n) is 13.4. The topological polar surface area (TPSA) is 79.9 Å². The molecule has 1 aromatic heterocycles. The Bertz CT molecular complexity index is 888. The van der Waals surface area contributed by atoms with Crippen LogP contribution in [0.1, 0.15) is 5.82 Å². The molecular formula is C17H14FIN4O2S. The maximum atomic E-state index is 13.5. The largest absolute Gasteiger partial charge is 0.483 e. The summed E-state index contributed by atoms with van der Waals surface area (Å²) in [4.78, 5) is 16.2. The zero-order chi connectivity index (χ0) is 18.4. The predicted octanol–water partition coefficient (Wildman–Crippen LogP) is 3.86. The molecule has 2 N–H and O–H groups in total. The predicted molar refractivity (Wildman–Crippen MR) is 106 cm³/mol. The van der Waals surface area contributed by atoms with Crippen LogP contribution in [-0.2, 0) is 11.4 Å². The standard InChI is InChI=1S/C17H14FIN4O2S/c18-13-3-1-2-4-14(13)25-9-15-21-17(23-22-15)26-10-16(24)20-12-7-5-11(19)6-8-12/h1-8H,9-10H2,(H,20,24)(H,21,22,23). The molecule has 6 nitrogen and oxygen atoms in total. The van der Waals surface area contributed by atoms with Crippen LogP contribution in [-0.4, -0.2) is 26.8 Å². The zero-order valence-corrected chi connectivity index (χ0v) is 16.4. The molecule has 134 valence electrons. The van der Waals surface area contributed by atoms with Gasteiger partial charge < -0.3 is 10.1 Å². The molecule has 1 amide bonds. The lowest BCUT2D eigenvalue weighted by molar-refractivity contribution is -0.113. The number of aromatic amines is 1. The Balaban J connectivity index is 1.46.